The van der Waals surface area contributed by atoms with Crippen LogP contribution in [0.1, 0.15) is 0 Å². The van der Waals surface area contributed by atoms with Crippen molar-refractivity contribution in [3.05, 3.63) is 194 Å². The summed E-state index contributed by atoms with van der Waals surface area (Å²) in [7, 11) is -2.09. The van der Waals surface area contributed by atoms with Crippen molar-refractivity contribution in [1.29, 1.82) is 0 Å². The third-order valence-electron chi connectivity index (χ3n) is 11.2. The van der Waals surface area contributed by atoms with Crippen LogP contribution in [-0.4, -0.2) is 12.6 Å². The molecule has 3 heteroatoms. The maximum Gasteiger partial charge on any atom is 0.117 e. The summed E-state index contributed by atoms with van der Waals surface area (Å²) >= 11 is 0. The van der Waals surface area contributed by atoms with Crippen LogP contribution in [0.2, 0.25) is 13.1 Å². The summed E-state index contributed by atoms with van der Waals surface area (Å²) in [6.07, 6.45) is 0. The molecule has 0 aliphatic carbocycles. The van der Waals surface area contributed by atoms with Gasteiger partial charge < -0.3 is 9.47 Å². The van der Waals surface area contributed by atoms with E-state index in [4.69, 9.17) is 0 Å². The second-order valence-electron chi connectivity index (χ2n) is 14.6. The van der Waals surface area contributed by atoms with Crippen molar-refractivity contribution in [2.45, 2.75) is 13.1 Å². The lowest BCUT2D eigenvalue weighted by molar-refractivity contribution is 1.18. The van der Waals surface area contributed by atoms with Crippen molar-refractivity contribution in [2.75, 3.05) is 4.90 Å². The molecule has 2 heterocycles. The van der Waals surface area contributed by atoms with E-state index in [1.165, 1.54) is 88.3 Å². The summed E-state index contributed by atoms with van der Waals surface area (Å²) < 4.78 is 2.50. The number of para-hydroxylation sites is 3. The van der Waals surface area contributed by atoms with Gasteiger partial charge in [0.2, 0.25) is 0 Å². The summed E-state index contributed by atoms with van der Waals surface area (Å²) in [6.45, 7) is 5.01. The quantitative estimate of drug-likeness (QED) is 0.163. The topological polar surface area (TPSA) is 8.17 Å². The molecule has 8 aromatic carbocycles. The number of anilines is 3. The van der Waals surface area contributed by atoms with E-state index in [2.05, 4.69) is 217 Å². The molecule has 0 fully saturated rings. The minimum absolute atomic E-state index is 1.19. The average molecular weight is 695 g/mol. The van der Waals surface area contributed by atoms with Crippen LogP contribution in [0.3, 0.4) is 0 Å². The van der Waals surface area contributed by atoms with Gasteiger partial charge in [0.05, 0.1) is 11.0 Å². The van der Waals surface area contributed by atoms with E-state index in [0.29, 0.717) is 0 Å². The molecule has 0 atom stereocenters. The normalized spacial score (nSPS) is 13.2. The SMILES string of the molecule is C[Si]1(C)c2ccccc2N(c2ccccc2)c2ccc(-n3c4ccccc4c4ccc(-c5cc(-c6ccccc6)ccc5-c5ccccc5)cc43)cc21. The minimum Gasteiger partial charge on any atom is -0.311 e. The van der Waals surface area contributed by atoms with Gasteiger partial charge in [0.1, 0.15) is 8.07 Å². The Labute approximate surface area is 311 Å². The summed E-state index contributed by atoms with van der Waals surface area (Å²) in [5.41, 5.74) is 14.7. The van der Waals surface area contributed by atoms with Crippen LogP contribution >= 0.6 is 0 Å². The van der Waals surface area contributed by atoms with E-state index >= 15 is 0 Å². The summed E-state index contributed by atoms with van der Waals surface area (Å²) in [4.78, 5) is 2.46. The molecule has 0 amide bonds. The summed E-state index contributed by atoms with van der Waals surface area (Å²) in [5.74, 6) is 0. The van der Waals surface area contributed by atoms with E-state index in [9.17, 15) is 0 Å². The third kappa shape index (κ3) is 5.08. The molecule has 53 heavy (non-hydrogen) atoms. The van der Waals surface area contributed by atoms with Gasteiger partial charge in [-0.2, -0.15) is 0 Å². The van der Waals surface area contributed by atoms with Crippen LogP contribution in [0.4, 0.5) is 17.1 Å². The molecule has 0 spiro atoms. The van der Waals surface area contributed by atoms with Crippen molar-refractivity contribution in [3.63, 3.8) is 0 Å². The van der Waals surface area contributed by atoms with Crippen molar-refractivity contribution >= 4 is 57.3 Å². The van der Waals surface area contributed by atoms with E-state index in [-0.39, 0.29) is 0 Å². The lowest BCUT2D eigenvalue weighted by Crippen LogP contribution is -2.58. The molecule has 0 radical (unpaired) electrons. The Kier molecular flexibility index (Phi) is 7.31. The Hall–Kier alpha value is -6.42. The van der Waals surface area contributed by atoms with Gasteiger partial charge in [-0.1, -0.05) is 153 Å². The van der Waals surface area contributed by atoms with Gasteiger partial charge in [-0.15, -0.1) is 0 Å². The number of aromatic nitrogens is 1. The van der Waals surface area contributed by atoms with Crippen LogP contribution < -0.4 is 15.3 Å². The second kappa shape index (κ2) is 12.4. The smallest absolute Gasteiger partial charge is 0.117 e. The first kappa shape index (κ1) is 31.3. The van der Waals surface area contributed by atoms with Gasteiger partial charge in [-0.05, 0) is 98.4 Å². The number of nitrogens with zero attached hydrogens (tertiary/aromatic N) is 2. The second-order valence-corrected chi connectivity index (χ2v) is 18.9. The van der Waals surface area contributed by atoms with Crippen LogP contribution in [0, 0.1) is 0 Å². The number of hydrogen-bond donors (Lipinski definition) is 0. The highest BCUT2D eigenvalue weighted by atomic mass is 28.3. The number of rotatable bonds is 5. The fourth-order valence-electron chi connectivity index (χ4n) is 8.56. The van der Waals surface area contributed by atoms with Gasteiger partial charge in [-0.3, -0.25) is 0 Å². The van der Waals surface area contributed by atoms with Gasteiger partial charge in [-0.25, -0.2) is 0 Å². The first-order valence-corrected chi connectivity index (χ1v) is 21.4. The molecule has 10 rings (SSSR count). The highest BCUT2D eigenvalue weighted by Gasteiger charge is 2.38. The maximum atomic E-state index is 2.51. The Morgan fingerprint density at radius 1 is 0.358 bits per heavy atom. The van der Waals surface area contributed by atoms with Crippen molar-refractivity contribution in [3.8, 4) is 39.1 Å². The molecule has 0 unspecified atom stereocenters. The minimum atomic E-state index is -2.09. The van der Waals surface area contributed by atoms with Gasteiger partial charge in [0.15, 0.2) is 0 Å². The fourth-order valence-corrected chi connectivity index (χ4v) is 11.5. The summed E-state index contributed by atoms with van der Waals surface area (Å²) in [5, 5.41) is 5.43. The molecule has 0 saturated carbocycles. The van der Waals surface area contributed by atoms with E-state index in [0.717, 1.165) is 0 Å². The average Bonchev–Trinajstić information content (AvgIpc) is 3.55. The molecule has 1 aliphatic heterocycles. The maximum absolute atomic E-state index is 2.51. The van der Waals surface area contributed by atoms with Crippen LogP contribution in [0.15, 0.2) is 194 Å². The predicted molar refractivity (Wildman–Crippen MR) is 229 cm³/mol. The molecular weight excluding hydrogens is 657 g/mol. The van der Waals surface area contributed by atoms with Gasteiger partial charge in [0.25, 0.3) is 0 Å². The highest BCUT2D eigenvalue weighted by Crippen LogP contribution is 2.42. The van der Waals surface area contributed by atoms with Gasteiger partial charge >= 0.3 is 0 Å². The van der Waals surface area contributed by atoms with Crippen molar-refractivity contribution in [1.82, 2.24) is 4.57 Å². The largest absolute Gasteiger partial charge is 0.311 e. The van der Waals surface area contributed by atoms with Gasteiger partial charge in [0, 0.05) is 33.5 Å². The Bertz CT molecular complexity index is 2800. The number of fused-ring (bicyclic) bond motifs is 5. The lowest BCUT2D eigenvalue weighted by Gasteiger charge is -2.41. The molecule has 1 aromatic heterocycles. The molecule has 252 valence electrons. The van der Waals surface area contributed by atoms with E-state index < -0.39 is 8.07 Å². The first-order valence-electron chi connectivity index (χ1n) is 18.4. The van der Waals surface area contributed by atoms with E-state index in [1.54, 1.807) is 0 Å². The van der Waals surface area contributed by atoms with Crippen LogP contribution in [-0.2, 0) is 0 Å². The lowest BCUT2D eigenvalue weighted by atomic mass is 9.90. The monoisotopic (exact) mass is 694 g/mol. The molecule has 0 saturated heterocycles. The molecule has 9 aromatic rings. The fraction of sp³-hybridized carbons (Fsp3) is 0.0400. The number of benzene rings is 8. The molecule has 0 bridgehead atoms. The zero-order valence-electron chi connectivity index (χ0n) is 29.9. The molecule has 2 nitrogen and oxygen atoms in total. The first-order chi connectivity index (χ1) is 26.1. The Morgan fingerprint density at radius 2 is 0.981 bits per heavy atom. The molecular formula is C50H38N2Si. The number of hydrogen-bond acceptors (Lipinski definition) is 1. The Balaban J connectivity index is 1.21. The van der Waals surface area contributed by atoms with Crippen molar-refractivity contribution in [2.24, 2.45) is 0 Å². The Morgan fingerprint density at radius 3 is 1.77 bits per heavy atom. The van der Waals surface area contributed by atoms with Crippen LogP contribution in [0.25, 0.3) is 60.9 Å². The summed E-state index contributed by atoms with van der Waals surface area (Å²) in [6, 6.07) is 71.4. The zero-order valence-corrected chi connectivity index (χ0v) is 30.9. The standard InChI is InChI=1S/C50H38N2Si/c1-53(2)49-25-15-14-24-46(49)51(39-20-10-5-11-21-39)47-31-28-40(34-50(47)53)52-45-23-13-12-22-42(45)43-30-27-38(33-48(43)52)44-32-37(35-16-6-3-7-17-35)26-29-41(44)36-18-8-4-9-19-36/h3-34H,1-2H3. The van der Waals surface area contributed by atoms with Crippen LogP contribution in [0.5, 0.6) is 0 Å². The predicted octanol–water partition coefficient (Wildman–Crippen LogP) is 12.4. The zero-order chi connectivity index (χ0) is 35.5. The van der Waals surface area contributed by atoms with E-state index in [1.807, 2.05) is 0 Å². The third-order valence-corrected chi connectivity index (χ3v) is 14.7. The highest BCUT2D eigenvalue weighted by molar-refractivity contribution is 7.02. The molecule has 1 aliphatic rings. The molecule has 0 N–H and O–H groups in total. The van der Waals surface area contributed by atoms with Crippen molar-refractivity contribution < 1.29 is 0 Å².